The van der Waals surface area contributed by atoms with Crippen LogP contribution in [0, 0.1) is 0 Å². The summed E-state index contributed by atoms with van der Waals surface area (Å²) in [6.07, 6.45) is 9.97. The minimum Gasteiger partial charge on any atom is -0.336 e. The summed E-state index contributed by atoms with van der Waals surface area (Å²) in [6.45, 7) is 2.02. The van der Waals surface area contributed by atoms with E-state index in [4.69, 9.17) is 0 Å². The number of amides is 1. The highest BCUT2D eigenvalue weighted by Crippen LogP contribution is 2.32. The summed E-state index contributed by atoms with van der Waals surface area (Å²) in [5.74, 6) is 0.318. The lowest BCUT2D eigenvalue weighted by Gasteiger charge is -2.25. The maximum atomic E-state index is 12.5. The van der Waals surface area contributed by atoms with Gasteiger partial charge in [-0.25, -0.2) is 0 Å². The molecule has 0 aromatic carbocycles. The van der Waals surface area contributed by atoms with Crippen LogP contribution in [0.2, 0.25) is 0 Å². The van der Waals surface area contributed by atoms with Crippen LogP contribution in [0.15, 0.2) is 24.5 Å². The van der Waals surface area contributed by atoms with Crippen LogP contribution in [0.1, 0.15) is 50.1 Å². The number of rotatable bonds is 4. The number of halogens is 1. The number of pyridine rings is 1. The van der Waals surface area contributed by atoms with Crippen molar-refractivity contribution in [2.24, 2.45) is 0 Å². The molecule has 1 amide bonds. The van der Waals surface area contributed by atoms with Gasteiger partial charge in [0.2, 0.25) is 5.91 Å². The molecule has 0 saturated carbocycles. The molecule has 1 aromatic rings. The van der Waals surface area contributed by atoms with E-state index in [0.717, 1.165) is 32.4 Å². The second-order valence-corrected chi connectivity index (χ2v) is 5.86. The Kier molecular flexibility index (Phi) is 6.00. The SMILES string of the molecule is Cl.O=C(CCC1CCCN1)N1CCCC1c1ccncc1. The zero-order valence-electron chi connectivity index (χ0n) is 12.3. The van der Waals surface area contributed by atoms with Crippen molar-refractivity contribution in [2.75, 3.05) is 13.1 Å². The van der Waals surface area contributed by atoms with Crippen molar-refractivity contribution in [3.8, 4) is 0 Å². The zero-order valence-corrected chi connectivity index (χ0v) is 13.1. The maximum Gasteiger partial charge on any atom is 0.223 e. The van der Waals surface area contributed by atoms with E-state index < -0.39 is 0 Å². The summed E-state index contributed by atoms with van der Waals surface area (Å²) in [5.41, 5.74) is 1.23. The van der Waals surface area contributed by atoms with Gasteiger partial charge in [0.15, 0.2) is 0 Å². The first-order chi connectivity index (χ1) is 9.84. The molecule has 2 unspecified atom stereocenters. The van der Waals surface area contributed by atoms with Gasteiger partial charge in [-0.2, -0.15) is 0 Å². The second-order valence-electron chi connectivity index (χ2n) is 5.86. The monoisotopic (exact) mass is 309 g/mol. The predicted molar refractivity (Wildman–Crippen MR) is 85.4 cm³/mol. The number of likely N-dealkylation sites (tertiary alicyclic amines) is 1. The van der Waals surface area contributed by atoms with Crippen LogP contribution in [0.25, 0.3) is 0 Å². The number of hydrogen-bond donors (Lipinski definition) is 1. The average Bonchev–Trinajstić information content (AvgIpc) is 3.17. The number of aromatic nitrogens is 1. The van der Waals surface area contributed by atoms with Crippen LogP contribution in [0.4, 0.5) is 0 Å². The van der Waals surface area contributed by atoms with Gasteiger partial charge in [-0.05, 0) is 56.3 Å². The summed E-state index contributed by atoms with van der Waals surface area (Å²) in [7, 11) is 0. The number of nitrogens with zero attached hydrogens (tertiary/aromatic N) is 2. The predicted octanol–water partition coefficient (Wildman–Crippen LogP) is 2.70. The van der Waals surface area contributed by atoms with Gasteiger partial charge in [0.25, 0.3) is 0 Å². The van der Waals surface area contributed by atoms with Gasteiger partial charge in [0, 0.05) is 31.4 Å². The van der Waals surface area contributed by atoms with E-state index in [2.05, 4.69) is 15.2 Å². The van der Waals surface area contributed by atoms with E-state index in [1.165, 1.54) is 18.4 Å². The Morgan fingerprint density at radius 2 is 2.10 bits per heavy atom. The molecule has 1 aromatic heterocycles. The third-order valence-electron chi connectivity index (χ3n) is 4.53. The Morgan fingerprint density at radius 3 is 2.81 bits per heavy atom. The molecule has 3 rings (SSSR count). The molecule has 2 aliphatic rings. The molecule has 2 saturated heterocycles. The molecule has 2 aliphatic heterocycles. The summed E-state index contributed by atoms with van der Waals surface area (Å²) in [6, 6.07) is 4.90. The minimum absolute atomic E-state index is 0. The maximum absolute atomic E-state index is 12.5. The van der Waals surface area contributed by atoms with Crippen LogP contribution in [-0.2, 0) is 4.79 Å². The van der Waals surface area contributed by atoms with Crippen LogP contribution >= 0.6 is 12.4 Å². The minimum atomic E-state index is 0. The Labute approximate surface area is 132 Å². The molecule has 0 spiro atoms. The summed E-state index contributed by atoms with van der Waals surface area (Å²) < 4.78 is 0. The highest BCUT2D eigenvalue weighted by Gasteiger charge is 2.30. The number of carbonyl (C=O) groups is 1. The highest BCUT2D eigenvalue weighted by molar-refractivity contribution is 5.85. The van der Waals surface area contributed by atoms with Crippen LogP contribution in [0.5, 0.6) is 0 Å². The fourth-order valence-electron chi connectivity index (χ4n) is 3.44. The van der Waals surface area contributed by atoms with Crippen molar-refractivity contribution in [2.45, 2.75) is 50.6 Å². The van der Waals surface area contributed by atoms with Crippen molar-refractivity contribution in [3.05, 3.63) is 30.1 Å². The molecule has 4 nitrogen and oxygen atoms in total. The molecular weight excluding hydrogens is 286 g/mol. The number of nitrogens with one attached hydrogen (secondary N) is 1. The molecule has 3 heterocycles. The van der Waals surface area contributed by atoms with Crippen LogP contribution in [0.3, 0.4) is 0 Å². The molecular formula is C16H24ClN3O. The molecule has 116 valence electrons. The van der Waals surface area contributed by atoms with E-state index in [-0.39, 0.29) is 18.4 Å². The largest absolute Gasteiger partial charge is 0.336 e. The molecule has 0 radical (unpaired) electrons. The molecule has 1 N–H and O–H groups in total. The molecule has 5 heteroatoms. The van der Waals surface area contributed by atoms with Gasteiger partial charge in [-0.15, -0.1) is 12.4 Å². The molecule has 2 atom stereocenters. The van der Waals surface area contributed by atoms with Crippen molar-refractivity contribution >= 4 is 18.3 Å². The highest BCUT2D eigenvalue weighted by atomic mass is 35.5. The van der Waals surface area contributed by atoms with Crippen molar-refractivity contribution in [1.82, 2.24) is 15.2 Å². The Balaban J connectivity index is 0.00000161. The summed E-state index contributed by atoms with van der Waals surface area (Å²) >= 11 is 0. The topological polar surface area (TPSA) is 45.2 Å². The van der Waals surface area contributed by atoms with Gasteiger partial charge in [-0.3, -0.25) is 9.78 Å². The first kappa shape index (κ1) is 16.2. The average molecular weight is 310 g/mol. The van der Waals surface area contributed by atoms with Gasteiger partial charge in [-0.1, -0.05) is 0 Å². The van der Waals surface area contributed by atoms with Gasteiger partial charge in [0.1, 0.15) is 0 Å². The normalized spacial score (nSPS) is 24.9. The fraction of sp³-hybridized carbons (Fsp3) is 0.625. The van der Waals surface area contributed by atoms with E-state index >= 15 is 0 Å². The molecule has 2 fully saturated rings. The lowest BCUT2D eigenvalue weighted by Crippen LogP contribution is -2.32. The van der Waals surface area contributed by atoms with Crippen molar-refractivity contribution in [3.63, 3.8) is 0 Å². The standard InChI is InChI=1S/C16H23N3O.ClH/c20-16(6-5-14-3-1-9-18-14)19-12-2-4-15(19)13-7-10-17-11-8-13;/h7-8,10-11,14-15,18H,1-6,9,12H2;1H. The van der Waals surface area contributed by atoms with E-state index in [9.17, 15) is 4.79 Å². The third kappa shape index (κ3) is 3.95. The molecule has 21 heavy (non-hydrogen) atoms. The van der Waals surface area contributed by atoms with E-state index in [1.54, 1.807) is 0 Å². The second kappa shape index (κ2) is 7.76. The molecule has 0 bridgehead atoms. The number of hydrogen-bond acceptors (Lipinski definition) is 3. The lowest BCUT2D eigenvalue weighted by atomic mass is 10.0. The van der Waals surface area contributed by atoms with Gasteiger partial charge < -0.3 is 10.2 Å². The van der Waals surface area contributed by atoms with Gasteiger partial charge >= 0.3 is 0 Å². The summed E-state index contributed by atoms with van der Waals surface area (Å²) in [4.78, 5) is 18.6. The number of carbonyl (C=O) groups excluding carboxylic acids is 1. The Hall–Kier alpha value is -1.13. The third-order valence-corrected chi connectivity index (χ3v) is 4.53. The first-order valence-corrected chi connectivity index (χ1v) is 7.77. The Morgan fingerprint density at radius 1 is 1.29 bits per heavy atom. The van der Waals surface area contributed by atoms with Crippen LogP contribution < -0.4 is 5.32 Å². The summed E-state index contributed by atoms with van der Waals surface area (Å²) in [5, 5.41) is 3.47. The Bertz CT molecular complexity index is 448. The smallest absolute Gasteiger partial charge is 0.223 e. The lowest BCUT2D eigenvalue weighted by molar-refractivity contribution is -0.132. The van der Waals surface area contributed by atoms with Crippen LogP contribution in [-0.4, -0.2) is 34.9 Å². The van der Waals surface area contributed by atoms with Crippen molar-refractivity contribution < 1.29 is 4.79 Å². The quantitative estimate of drug-likeness (QED) is 0.930. The molecule has 0 aliphatic carbocycles. The zero-order chi connectivity index (χ0) is 13.8. The first-order valence-electron chi connectivity index (χ1n) is 7.77. The van der Waals surface area contributed by atoms with Crippen molar-refractivity contribution in [1.29, 1.82) is 0 Å². The van der Waals surface area contributed by atoms with E-state index in [0.29, 0.717) is 18.4 Å². The fourth-order valence-corrected chi connectivity index (χ4v) is 3.44. The van der Waals surface area contributed by atoms with Gasteiger partial charge in [0.05, 0.1) is 6.04 Å². The van der Waals surface area contributed by atoms with E-state index in [1.807, 2.05) is 24.5 Å².